The summed E-state index contributed by atoms with van der Waals surface area (Å²) >= 11 is -1.28. The summed E-state index contributed by atoms with van der Waals surface area (Å²) in [5.41, 5.74) is 2.16. The molecule has 0 fully saturated rings. The van der Waals surface area contributed by atoms with Crippen molar-refractivity contribution < 1.29 is 9.35 Å². The Labute approximate surface area is 99.6 Å². The van der Waals surface area contributed by atoms with Gasteiger partial charge in [-0.05, 0) is 17.0 Å². The van der Waals surface area contributed by atoms with Gasteiger partial charge in [-0.3, -0.25) is 4.79 Å². The zero-order valence-electron chi connectivity index (χ0n) is 9.82. The standard InChI is InChI=1S/C12H17NO2S/c1-9(2)11-6-4-5-10(7-11)8-12(14)13-16(3)15/h4-7,9H,8H2,1-3H3,(H,13,14). The SMILES string of the molecule is CC(C)c1cccc(CC(=O)N[S+](C)[O-])c1. The lowest BCUT2D eigenvalue weighted by Crippen LogP contribution is -2.30. The van der Waals surface area contributed by atoms with Gasteiger partial charge in [0.1, 0.15) is 6.26 Å². The lowest BCUT2D eigenvalue weighted by molar-refractivity contribution is -0.118. The highest BCUT2D eigenvalue weighted by Crippen LogP contribution is 2.15. The first-order valence-corrected chi connectivity index (χ1v) is 6.76. The van der Waals surface area contributed by atoms with Gasteiger partial charge in [-0.25, -0.2) is 0 Å². The van der Waals surface area contributed by atoms with E-state index in [-0.39, 0.29) is 12.3 Å². The molecular weight excluding hydrogens is 222 g/mol. The summed E-state index contributed by atoms with van der Waals surface area (Å²) in [6, 6.07) is 7.91. The summed E-state index contributed by atoms with van der Waals surface area (Å²) in [5, 5.41) is 0. The van der Waals surface area contributed by atoms with Crippen LogP contribution in [0.2, 0.25) is 0 Å². The fourth-order valence-corrected chi connectivity index (χ4v) is 1.84. The van der Waals surface area contributed by atoms with Gasteiger partial charge in [0.2, 0.25) is 0 Å². The molecule has 0 spiro atoms. The van der Waals surface area contributed by atoms with Crippen LogP contribution in [0.5, 0.6) is 0 Å². The van der Waals surface area contributed by atoms with Crippen LogP contribution in [0.1, 0.15) is 30.9 Å². The summed E-state index contributed by atoms with van der Waals surface area (Å²) in [6.07, 6.45) is 1.72. The zero-order valence-corrected chi connectivity index (χ0v) is 10.6. The van der Waals surface area contributed by atoms with Crippen LogP contribution < -0.4 is 4.72 Å². The van der Waals surface area contributed by atoms with Gasteiger partial charge in [0.25, 0.3) is 5.91 Å². The van der Waals surface area contributed by atoms with E-state index >= 15 is 0 Å². The third-order valence-electron chi connectivity index (χ3n) is 2.24. The van der Waals surface area contributed by atoms with Crippen molar-refractivity contribution in [3.8, 4) is 0 Å². The second-order valence-electron chi connectivity index (χ2n) is 4.06. The van der Waals surface area contributed by atoms with Crippen molar-refractivity contribution in [2.24, 2.45) is 0 Å². The summed E-state index contributed by atoms with van der Waals surface area (Å²) < 4.78 is 13.2. The van der Waals surface area contributed by atoms with Crippen LogP contribution in [0.25, 0.3) is 0 Å². The molecule has 1 amide bonds. The number of carbonyl (C=O) groups excluding carboxylic acids is 1. The molecule has 0 aromatic heterocycles. The zero-order chi connectivity index (χ0) is 12.1. The molecule has 0 aliphatic heterocycles. The molecule has 0 saturated carbocycles. The highest BCUT2D eigenvalue weighted by molar-refractivity contribution is 7.89. The lowest BCUT2D eigenvalue weighted by atomic mass is 10.00. The Balaban J connectivity index is 2.67. The minimum Gasteiger partial charge on any atom is -0.593 e. The van der Waals surface area contributed by atoms with Crippen LogP contribution in [-0.2, 0) is 22.6 Å². The predicted octanol–water partition coefficient (Wildman–Crippen LogP) is 1.76. The maximum absolute atomic E-state index is 11.4. The van der Waals surface area contributed by atoms with E-state index in [0.717, 1.165) is 5.56 Å². The second kappa shape index (κ2) is 5.92. The van der Waals surface area contributed by atoms with Crippen LogP contribution in [0.4, 0.5) is 0 Å². The molecule has 0 aliphatic carbocycles. The topological polar surface area (TPSA) is 52.2 Å². The molecule has 1 atom stereocenters. The Morgan fingerprint density at radius 1 is 1.50 bits per heavy atom. The van der Waals surface area contributed by atoms with Crippen LogP contribution >= 0.6 is 0 Å². The Bertz CT molecular complexity index is 364. The number of nitrogens with one attached hydrogen (secondary N) is 1. The van der Waals surface area contributed by atoms with E-state index in [1.165, 1.54) is 11.8 Å². The van der Waals surface area contributed by atoms with Crippen LogP contribution in [0.3, 0.4) is 0 Å². The number of carbonyl (C=O) groups is 1. The fraction of sp³-hybridized carbons (Fsp3) is 0.417. The van der Waals surface area contributed by atoms with Gasteiger partial charge in [0.05, 0.1) is 17.8 Å². The Hall–Kier alpha value is -1.00. The monoisotopic (exact) mass is 239 g/mol. The normalized spacial score (nSPS) is 12.6. The minimum absolute atomic E-state index is 0.207. The average Bonchev–Trinajstić information content (AvgIpc) is 2.16. The van der Waals surface area contributed by atoms with Crippen molar-refractivity contribution in [3.05, 3.63) is 35.4 Å². The molecule has 0 radical (unpaired) electrons. The van der Waals surface area contributed by atoms with Gasteiger partial charge in [-0.15, -0.1) is 0 Å². The maximum atomic E-state index is 11.4. The summed E-state index contributed by atoms with van der Waals surface area (Å²) in [7, 11) is 0. The molecule has 0 saturated heterocycles. The summed E-state index contributed by atoms with van der Waals surface area (Å²) in [5.74, 6) is 0.241. The van der Waals surface area contributed by atoms with Gasteiger partial charge < -0.3 is 4.55 Å². The van der Waals surface area contributed by atoms with Crippen molar-refractivity contribution >= 4 is 17.3 Å². The van der Waals surface area contributed by atoms with Gasteiger partial charge in [0, 0.05) is 0 Å². The predicted molar refractivity (Wildman–Crippen MR) is 66.4 cm³/mol. The number of hydrogen-bond acceptors (Lipinski definition) is 2. The fourth-order valence-electron chi connectivity index (χ4n) is 1.44. The molecule has 1 unspecified atom stereocenters. The highest BCUT2D eigenvalue weighted by Gasteiger charge is 2.08. The minimum atomic E-state index is -1.28. The van der Waals surface area contributed by atoms with E-state index in [1.54, 1.807) is 0 Å². The highest BCUT2D eigenvalue weighted by atomic mass is 32.2. The first-order valence-electron chi connectivity index (χ1n) is 5.21. The molecule has 0 heterocycles. The van der Waals surface area contributed by atoms with Gasteiger partial charge in [0.15, 0.2) is 0 Å². The summed E-state index contributed by atoms with van der Waals surface area (Å²) in [4.78, 5) is 11.4. The smallest absolute Gasteiger partial charge is 0.265 e. The molecule has 1 aromatic carbocycles. The Morgan fingerprint density at radius 3 is 2.75 bits per heavy atom. The van der Waals surface area contributed by atoms with Gasteiger partial charge in [-0.1, -0.05) is 38.1 Å². The molecule has 16 heavy (non-hydrogen) atoms. The van der Waals surface area contributed by atoms with Crippen LogP contribution in [0, 0.1) is 0 Å². The second-order valence-corrected chi connectivity index (χ2v) is 5.17. The van der Waals surface area contributed by atoms with Gasteiger partial charge in [-0.2, -0.15) is 4.72 Å². The molecule has 1 aromatic rings. The number of benzene rings is 1. The third kappa shape index (κ3) is 4.24. The Kier molecular flexibility index (Phi) is 4.83. The molecular formula is C12H17NO2S. The number of rotatable bonds is 4. The number of amides is 1. The quantitative estimate of drug-likeness (QED) is 0.814. The molecule has 0 bridgehead atoms. The van der Waals surface area contributed by atoms with E-state index in [0.29, 0.717) is 5.92 Å². The van der Waals surface area contributed by atoms with E-state index in [9.17, 15) is 9.35 Å². The molecule has 3 nitrogen and oxygen atoms in total. The van der Waals surface area contributed by atoms with E-state index in [2.05, 4.69) is 18.6 Å². The summed E-state index contributed by atoms with van der Waals surface area (Å²) in [6.45, 7) is 4.22. The van der Waals surface area contributed by atoms with Crippen molar-refractivity contribution in [3.63, 3.8) is 0 Å². The van der Waals surface area contributed by atoms with Crippen molar-refractivity contribution in [2.75, 3.05) is 6.26 Å². The molecule has 88 valence electrons. The van der Waals surface area contributed by atoms with Crippen LogP contribution in [-0.4, -0.2) is 16.7 Å². The first-order chi connectivity index (χ1) is 7.49. The molecule has 4 heteroatoms. The largest absolute Gasteiger partial charge is 0.593 e. The average molecular weight is 239 g/mol. The van der Waals surface area contributed by atoms with Crippen molar-refractivity contribution in [2.45, 2.75) is 26.2 Å². The maximum Gasteiger partial charge on any atom is 0.265 e. The van der Waals surface area contributed by atoms with Crippen LogP contribution in [0.15, 0.2) is 24.3 Å². The van der Waals surface area contributed by atoms with E-state index < -0.39 is 11.4 Å². The lowest BCUT2D eigenvalue weighted by Gasteiger charge is -2.08. The first kappa shape index (κ1) is 13.1. The molecule has 0 aliphatic rings. The molecule has 1 rings (SSSR count). The Morgan fingerprint density at radius 2 is 2.19 bits per heavy atom. The number of hydrogen-bond donors (Lipinski definition) is 1. The third-order valence-corrected chi connectivity index (χ3v) is 2.76. The van der Waals surface area contributed by atoms with Gasteiger partial charge >= 0.3 is 0 Å². The van der Waals surface area contributed by atoms with E-state index in [4.69, 9.17) is 0 Å². The van der Waals surface area contributed by atoms with Crippen molar-refractivity contribution in [1.29, 1.82) is 0 Å². The van der Waals surface area contributed by atoms with E-state index in [1.807, 2.05) is 24.3 Å². The van der Waals surface area contributed by atoms with Crippen molar-refractivity contribution in [1.82, 2.24) is 4.72 Å². The molecule has 1 N–H and O–H groups in total.